The van der Waals surface area contributed by atoms with E-state index in [1.165, 1.54) is 6.07 Å². The summed E-state index contributed by atoms with van der Waals surface area (Å²) in [5.74, 6) is 1.01. The van der Waals surface area contributed by atoms with Gasteiger partial charge in [0.2, 0.25) is 0 Å². The molecule has 0 aliphatic carbocycles. The second-order valence-electron chi connectivity index (χ2n) is 6.26. The third kappa shape index (κ3) is 3.17. The van der Waals surface area contributed by atoms with E-state index in [4.69, 9.17) is 16.0 Å². The third-order valence-corrected chi connectivity index (χ3v) is 5.04. The van der Waals surface area contributed by atoms with Crippen molar-refractivity contribution in [3.05, 3.63) is 69.9 Å². The van der Waals surface area contributed by atoms with Crippen molar-refractivity contribution >= 4 is 11.6 Å². The predicted octanol–water partition coefficient (Wildman–Crippen LogP) is 4.40. The van der Waals surface area contributed by atoms with Crippen molar-refractivity contribution < 1.29 is 8.81 Å². The molecule has 2 aromatic heterocycles. The minimum absolute atomic E-state index is 0.259. The fourth-order valence-electron chi connectivity index (χ4n) is 3.12. The second kappa shape index (κ2) is 6.58. The van der Waals surface area contributed by atoms with Gasteiger partial charge in [-0.1, -0.05) is 17.7 Å². The van der Waals surface area contributed by atoms with Crippen LogP contribution in [-0.4, -0.2) is 21.4 Å². The number of halogens is 2. The van der Waals surface area contributed by atoms with E-state index in [1.54, 1.807) is 12.3 Å². The number of hydrogen-bond acceptors (Lipinski definition) is 4. The number of rotatable bonds is 3. The lowest BCUT2D eigenvalue weighted by molar-refractivity contribution is 0.239. The molecule has 1 aromatic carbocycles. The number of fused-ring (bicyclic) bond motifs is 1. The predicted molar refractivity (Wildman–Crippen MR) is 93.7 cm³/mol. The maximum Gasteiger partial charge on any atom is 0.195 e. The summed E-state index contributed by atoms with van der Waals surface area (Å²) in [5, 5.41) is 0.509. The molecule has 6 heteroatoms. The first kappa shape index (κ1) is 16.2. The van der Waals surface area contributed by atoms with Gasteiger partial charge in [-0.25, -0.2) is 14.4 Å². The number of benzene rings is 1. The Kier molecular flexibility index (Phi) is 4.27. The van der Waals surface area contributed by atoms with Gasteiger partial charge in [0.25, 0.3) is 0 Å². The van der Waals surface area contributed by atoms with Crippen molar-refractivity contribution in [1.82, 2.24) is 14.9 Å². The van der Waals surface area contributed by atoms with Crippen molar-refractivity contribution in [1.29, 1.82) is 0 Å². The van der Waals surface area contributed by atoms with Crippen LogP contribution in [-0.2, 0) is 19.5 Å². The van der Waals surface area contributed by atoms with Crippen LogP contribution >= 0.6 is 11.6 Å². The molecule has 1 aliphatic rings. The van der Waals surface area contributed by atoms with Gasteiger partial charge in [0.15, 0.2) is 11.6 Å². The van der Waals surface area contributed by atoms with E-state index >= 15 is 0 Å². The van der Waals surface area contributed by atoms with Gasteiger partial charge in [0.05, 0.1) is 17.0 Å². The number of nitrogens with zero attached hydrogens (tertiary/aromatic N) is 3. The Hall–Kier alpha value is -2.24. The van der Waals surface area contributed by atoms with E-state index in [0.717, 1.165) is 29.8 Å². The van der Waals surface area contributed by atoms with Crippen LogP contribution < -0.4 is 0 Å². The molecule has 0 saturated carbocycles. The summed E-state index contributed by atoms with van der Waals surface area (Å²) in [7, 11) is 0. The molecule has 0 fully saturated rings. The summed E-state index contributed by atoms with van der Waals surface area (Å²) in [5.41, 5.74) is 3.53. The van der Waals surface area contributed by atoms with Gasteiger partial charge < -0.3 is 4.42 Å². The SMILES string of the molecule is Cc1ccc(F)c(CN2CCc3nc(-c4ccco4)ncc3C2)c1Cl. The molecule has 0 bridgehead atoms. The Bertz CT molecular complexity index is 911. The normalized spacial score (nSPS) is 14.5. The number of hydrogen-bond donors (Lipinski definition) is 0. The van der Waals surface area contributed by atoms with Gasteiger partial charge in [-0.15, -0.1) is 0 Å². The van der Waals surface area contributed by atoms with Gasteiger partial charge in [-0.3, -0.25) is 4.90 Å². The van der Waals surface area contributed by atoms with Crippen molar-refractivity contribution in [3.8, 4) is 11.6 Å². The van der Waals surface area contributed by atoms with E-state index in [2.05, 4.69) is 14.9 Å². The molecule has 1 aliphatic heterocycles. The molecule has 4 nitrogen and oxygen atoms in total. The maximum absolute atomic E-state index is 14.1. The Morgan fingerprint density at radius 1 is 1.32 bits per heavy atom. The maximum atomic E-state index is 14.1. The minimum atomic E-state index is -0.259. The van der Waals surface area contributed by atoms with Crippen LogP contribution in [0.5, 0.6) is 0 Å². The van der Waals surface area contributed by atoms with Gasteiger partial charge in [0, 0.05) is 43.4 Å². The monoisotopic (exact) mass is 357 g/mol. The van der Waals surface area contributed by atoms with Crippen molar-refractivity contribution in [2.75, 3.05) is 6.54 Å². The summed E-state index contributed by atoms with van der Waals surface area (Å²) in [6.07, 6.45) is 4.23. The lowest BCUT2D eigenvalue weighted by atomic mass is 10.0. The first-order valence-corrected chi connectivity index (χ1v) is 8.54. The van der Waals surface area contributed by atoms with Gasteiger partial charge in [-0.05, 0) is 30.7 Å². The highest BCUT2D eigenvalue weighted by Gasteiger charge is 2.21. The first-order chi connectivity index (χ1) is 12.1. The average Bonchev–Trinajstić information content (AvgIpc) is 3.16. The van der Waals surface area contributed by atoms with Gasteiger partial charge in [-0.2, -0.15) is 0 Å². The summed E-state index contributed by atoms with van der Waals surface area (Å²) in [6.45, 7) is 3.84. The Morgan fingerprint density at radius 3 is 3.00 bits per heavy atom. The first-order valence-electron chi connectivity index (χ1n) is 8.16. The molecule has 0 amide bonds. The molecule has 0 atom stereocenters. The van der Waals surface area contributed by atoms with Crippen molar-refractivity contribution in [2.45, 2.75) is 26.4 Å². The van der Waals surface area contributed by atoms with E-state index in [0.29, 0.717) is 35.3 Å². The number of aryl methyl sites for hydroxylation is 1. The highest BCUT2D eigenvalue weighted by molar-refractivity contribution is 6.32. The fraction of sp³-hybridized carbons (Fsp3) is 0.263. The highest BCUT2D eigenvalue weighted by Crippen LogP contribution is 2.27. The molecule has 25 heavy (non-hydrogen) atoms. The molecule has 0 radical (unpaired) electrons. The molecule has 4 rings (SSSR count). The van der Waals surface area contributed by atoms with E-state index in [1.807, 2.05) is 25.3 Å². The smallest absolute Gasteiger partial charge is 0.195 e. The zero-order valence-electron chi connectivity index (χ0n) is 13.8. The van der Waals surface area contributed by atoms with Crippen LogP contribution in [0.3, 0.4) is 0 Å². The molecule has 0 N–H and O–H groups in total. The highest BCUT2D eigenvalue weighted by atomic mass is 35.5. The Balaban J connectivity index is 1.55. The lowest BCUT2D eigenvalue weighted by Crippen LogP contribution is -2.31. The topological polar surface area (TPSA) is 42.2 Å². The molecule has 3 heterocycles. The van der Waals surface area contributed by atoms with Crippen LogP contribution in [0.4, 0.5) is 4.39 Å². The van der Waals surface area contributed by atoms with Crippen molar-refractivity contribution in [3.63, 3.8) is 0 Å². The fourth-order valence-corrected chi connectivity index (χ4v) is 3.33. The Labute approximate surface area is 150 Å². The van der Waals surface area contributed by atoms with Gasteiger partial charge >= 0.3 is 0 Å². The summed E-state index contributed by atoms with van der Waals surface area (Å²) in [4.78, 5) is 11.2. The Morgan fingerprint density at radius 2 is 2.20 bits per heavy atom. The van der Waals surface area contributed by atoms with E-state index in [9.17, 15) is 4.39 Å². The molecule has 0 spiro atoms. The van der Waals surface area contributed by atoms with Gasteiger partial charge in [0.1, 0.15) is 5.82 Å². The van der Waals surface area contributed by atoms with Crippen LogP contribution in [0.25, 0.3) is 11.6 Å². The third-order valence-electron chi connectivity index (χ3n) is 4.52. The quantitative estimate of drug-likeness (QED) is 0.697. The van der Waals surface area contributed by atoms with Crippen LogP contribution in [0.15, 0.2) is 41.1 Å². The molecule has 0 unspecified atom stereocenters. The van der Waals surface area contributed by atoms with Crippen molar-refractivity contribution in [2.24, 2.45) is 0 Å². The largest absolute Gasteiger partial charge is 0.461 e. The van der Waals surface area contributed by atoms with Crippen LogP contribution in [0.2, 0.25) is 5.02 Å². The second-order valence-corrected chi connectivity index (χ2v) is 6.64. The summed E-state index contributed by atoms with van der Waals surface area (Å²) in [6, 6.07) is 6.85. The molecular formula is C19H17ClFN3O. The minimum Gasteiger partial charge on any atom is -0.461 e. The number of aromatic nitrogens is 2. The van der Waals surface area contributed by atoms with Crippen LogP contribution in [0, 0.1) is 12.7 Å². The van der Waals surface area contributed by atoms with Crippen LogP contribution in [0.1, 0.15) is 22.4 Å². The molecule has 0 saturated heterocycles. The standard InChI is InChI=1S/C19H17ClFN3O/c1-12-4-5-15(21)14(18(12)20)11-24-7-6-16-13(10-24)9-22-19(23-16)17-3-2-8-25-17/h2-5,8-9H,6-7,10-11H2,1H3. The molecule has 3 aromatic rings. The lowest BCUT2D eigenvalue weighted by Gasteiger charge is -2.28. The molecule has 128 valence electrons. The summed E-state index contributed by atoms with van der Waals surface area (Å²) >= 11 is 6.29. The van der Waals surface area contributed by atoms with E-state index in [-0.39, 0.29) is 5.82 Å². The summed E-state index contributed by atoms with van der Waals surface area (Å²) < 4.78 is 19.5. The number of furan rings is 1. The average molecular weight is 358 g/mol. The molecular weight excluding hydrogens is 341 g/mol. The van der Waals surface area contributed by atoms with E-state index < -0.39 is 0 Å². The zero-order valence-corrected chi connectivity index (χ0v) is 14.6. The zero-order chi connectivity index (χ0) is 17.4.